The molecule has 0 N–H and O–H groups in total. The minimum absolute atomic E-state index is 0.287. The summed E-state index contributed by atoms with van der Waals surface area (Å²) in [5.74, 6) is -0.526. The summed E-state index contributed by atoms with van der Waals surface area (Å²) in [6.45, 7) is 7.19. The van der Waals surface area contributed by atoms with Crippen LogP contribution in [0.1, 0.15) is 92.9 Å². The monoisotopic (exact) mass is 362 g/mol. The molecule has 1 aromatic carbocycles. The first kappa shape index (κ1) is 22.2. The van der Waals surface area contributed by atoms with Crippen molar-refractivity contribution < 1.29 is 19.1 Å². The van der Waals surface area contributed by atoms with Crippen molar-refractivity contribution in [3.63, 3.8) is 0 Å². The minimum Gasteiger partial charge on any atom is -0.462 e. The van der Waals surface area contributed by atoms with E-state index in [0.717, 1.165) is 51.4 Å². The maximum Gasteiger partial charge on any atom is 0.339 e. The highest BCUT2D eigenvalue weighted by Crippen LogP contribution is 2.16. The average Bonchev–Trinajstić information content (AvgIpc) is 2.67. The number of esters is 2. The second kappa shape index (κ2) is 13.4. The second-order valence-corrected chi connectivity index (χ2v) is 6.76. The molecule has 1 aromatic rings. The molecule has 0 aromatic heterocycles. The van der Waals surface area contributed by atoms with E-state index in [9.17, 15) is 9.59 Å². The number of carbonyl (C=O) groups is 2. The van der Waals surface area contributed by atoms with E-state index in [1.807, 2.05) is 0 Å². The molecule has 0 radical (unpaired) electrons. The van der Waals surface area contributed by atoms with Gasteiger partial charge in [0.15, 0.2) is 0 Å². The van der Waals surface area contributed by atoms with Crippen LogP contribution in [-0.2, 0) is 9.47 Å². The molecule has 0 amide bonds. The Labute approximate surface area is 158 Å². The molecule has 146 valence electrons. The summed E-state index contributed by atoms with van der Waals surface area (Å²) in [5.41, 5.74) is 0.575. The van der Waals surface area contributed by atoms with Crippen molar-refractivity contribution in [2.75, 3.05) is 13.2 Å². The Morgan fingerprint density at radius 1 is 0.846 bits per heavy atom. The van der Waals surface area contributed by atoms with E-state index in [1.54, 1.807) is 24.3 Å². The highest BCUT2D eigenvalue weighted by Gasteiger charge is 2.20. The predicted molar refractivity (Wildman–Crippen MR) is 104 cm³/mol. The number of benzene rings is 1. The molecule has 0 aliphatic heterocycles. The summed E-state index contributed by atoms with van der Waals surface area (Å²) >= 11 is 0. The zero-order valence-electron chi connectivity index (χ0n) is 16.6. The Bertz CT molecular complexity index is 539. The van der Waals surface area contributed by atoms with E-state index in [4.69, 9.17) is 9.47 Å². The molecule has 0 aliphatic rings. The van der Waals surface area contributed by atoms with Crippen LogP contribution in [0.4, 0.5) is 0 Å². The molecule has 0 unspecified atom stereocenters. The van der Waals surface area contributed by atoms with E-state index in [0.29, 0.717) is 19.1 Å². The molecule has 0 bridgehead atoms. The zero-order valence-corrected chi connectivity index (χ0v) is 16.6. The molecule has 0 spiro atoms. The lowest BCUT2D eigenvalue weighted by atomic mass is 10.0. The Morgan fingerprint density at radius 2 is 1.46 bits per heavy atom. The zero-order chi connectivity index (χ0) is 19.2. The van der Waals surface area contributed by atoms with E-state index >= 15 is 0 Å². The molecule has 4 heteroatoms. The highest BCUT2D eigenvalue weighted by molar-refractivity contribution is 6.03. The summed E-state index contributed by atoms with van der Waals surface area (Å²) in [5, 5.41) is 0. The molecular weight excluding hydrogens is 328 g/mol. The Kier molecular flexibility index (Phi) is 11.4. The van der Waals surface area contributed by atoms with Crippen LogP contribution in [0.2, 0.25) is 0 Å². The standard InChI is InChI=1S/C22H34O4/c1-4-7-9-12-16-25-21(23)19-14-10-11-15-20(19)22(24)26-17-18(6-3)13-8-5-2/h10-11,14-15,18H,4-9,12-13,16-17H2,1-3H3/t18-/m1/s1. The van der Waals surface area contributed by atoms with Gasteiger partial charge >= 0.3 is 11.9 Å². The van der Waals surface area contributed by atoms with E-state index in [-0.39, 0.29) is 11.1 Å². The van der Waals surface area contributed by atoms with Gasteiger partial charge in [0.1, 0.15) is 0 Å². The van der Waals surface area contributed by atoms with Gasteiger partial charge in [-0.25, -0.2) is 9.59 Å². The third-order valence-electron chi connectivity index (χ3n) is 4.59. The van der Waals surface area contributed by atoms with Gasteiger partial charge in [-0.15, -0.1) is 0 Å². The highest BCUT2D eigenvalue weighted by atomic mass is 16.5. The molecule has 1 rings (SSSR count). The quantitative estimate of drug-likeness (QED) is 0.329. The van der Waals surface area contributed by atoms with E-state index < -0.39 is 11.9 Å². The van der Waals surface area contributed by atoms with Crippen LogP contribution in [0.5, 0.6) is 0 Å². The van der Waals surface area contributed by atoms with Crippen LogP contribution in [-0.4, -0.2) is 25.2 Å². The summed E-state index contributed by atoms with van der Waals surface area (Å²) in [6, 6.07) is 6.73. The number of ether oxygens (including phenoxy) is 2. The fraction of sp³-hybridized carbons (Fsp3) is 0.636. The largest absolute Gasteiger partial charge is 0.462 e. The van der Waals surface area contributed by atoms with Crippen molar-refractivity contribution in [2.45, 2.75) is 72.1 Å². The van der Waals surface area contributed by atoms with Crippen molar-refractivity contribution in [2.24, 2.45) is 5.92 Å². The number of hydrogen-bond donors (Lipinski definition) is 0. The van der Waals surface area contributed by atoms with Gasteiger partial charge in [0.05, 0.1) is 24.3 Å². The topological polar surface area (TPSA) is 52.6 Å². The van der Waals surface area contributed by atoms with Crippen LogP contribution in [0.15, 0.2) is 24.3 Å². The molecule has 0 saturated heterocycles. The van der Waals surface area contributed by atoms with Gasteiger partial charge in [-0.1, -0.05) is 71.4 Å². The molecule has 26 heavy (non-hydrogen) atoms. The Hall–Kier alpha value is -1.84. The smallest absolute Gasteiger partial charge is 0.339 e. The molecule has 4 nitrogen and oxygen atoms in total. The molecule has 0 fully saturated rings. The summed E-state index contributed by atoms with van der Waals surface area (Å²) < 4.78 is 10.8. The lowest BCUT2D eigenvalue weighted by Gasteiger charge is -2.15. The normalized spacial score (nSPS) is 11.8. The van der Waals surface area contributed by atoms with Crippen LogP contribution in [0.3, 0.4) is 0 Å². The van der Waals surface area contributed by atoms with Crippen molar-refractivity contribution in [1.29, 1.82) is 0 Å². The minimum atomic E-state index is -0.452. The van der Waals surface area contributed by atoms with Crippen LogP contribution in [0, 0.1) is 5.92 Å². The molecule has 1 atom stereocenters. The summed E-state index contributed by atoms with van der Waals surface area (Å²) in [6.07, 6.45) is 8.48. The van der Waals surface area contributed by atoms with Gasteiger partial charge in [-0.05, 0) is 30.9 Å². The first-order valence-corrected chi connectivity index (χ1v) is 10.1. The maximum absolute atomic E-state index is 12.4. The second-order valence-electron chi connectivity index (χ2n) is 6.76. The van der Waals surface area contributed by atoms with E-state index in [2.05, 4.69) is 20.8 Å². The first-order valence-electron chi connectivity index (χ1n) is 10.1. The predicted octanol–water partition coefficient (Wildman–Crippen LogP) is 5.80. The maximum atomic E-state index is 12.4. The van der Waals surface area contributed by atoms with Gasteiger partial charge in [-0.2, -0.15) is 0 Å². The molecular formula is C22H34O4. The van der Waals surface area contributed by atoms with Crippen LogP contribution >= 0.6 is 0 Å². The number of rotatable bonds is 13. The molecule has 0 saturated carbocycles. The van der Waals surface area contributed by atoms with Gasteiger partial charge in [-0.3, -0.25) is 0 Å². The number of hydrogen-bond acceptors (Lipinski definition) is 4. The fourth-order valence-electron chi connectivity index (χ4n) is 2.78. The summed E-state index contributed by atoms with van der Waals surface area (Å²) in [7, 11) is 0. The van der Waals surface area contributed by atoms with Crippen molar-refractivity contribution in [3.8, 4) is 0 Å². The van der Waals surface area contributed by atoms with Crippen molar-refractivity contribution in [3.05, 3.63) is 35.4 Å². The number of carbonyl (C=O) groups excluding carboxylic acids is 2. The first-order chi connectivity index (χ1) is 12.6. The summed E-state index contributed by atoms with van der Waals surface area (Å²) in [4.78, 5) is 24.8. The van der Waals surface area contributed by atoms with E-state index in [1.165, 1.54) is 0 Å². The van der Waals surface area contributed by atoms with Gasteiger partial charge < -0.3 is 9.47 Å². The molecule has 0 aliphatic carbocycles. The third-order valence-corrected chi connectivity index (χ3v) is 4.59. The molecule has 0 heterocycles. The van der Waals surface area contributed by atoms with Crippen LogP contribution < -0.4 is 0 Å². The van der Waals surface area contributed by atoms with Crippen molar-refractivity contribution >= 4 is 11.9 Å². The Morgan fingerprint density at radius 3 is 2.04 bits per heavy atom. The van der Waals surface area contributed by atoms with Gasteiger partial charge in [0.25, 0.3) is 0 Å². The van der Waals surface area contributed by atoms with Gasteiger partial charge in [0.2, 0.25) is 0 Å². The average molecular weight is 363 g/mol. The lowest BCUT2D eigenvalue weighted by molar-refractivity contribution is 0.0404. The lowest BCUT2D eigenvalue weighted by Crippen LogP contribution is -2.17. The Balaban J connectivity index is 2.60. The number of unbranched alkanes of at least 4 members (excludes halogenated alkanes) is 4. The van der Waals surface area contributed by atoms with Crippen molar-refractivity contribution in [1.82, 2.24) is 0 Å². The van der Waals surface area contributed by atoms with Gasteiger partial charge in [0, 0.05) is 0 Å². The van der Waals surface area contributed by atoms with Crippen LogP contribution in [0.25, 0.3) is 0 Å². The SMILES string of the molecule is CCCCCCOC(=O)c1ccccc1C(=O)OC[C@H](CC)CCCC. The third kappa shape index (κ3) is 8.03. The fourth-order valence-corrected chi connectivity index (χ4v) is 2.78.